The molecule has 31 heavy (non-hydrogen) atoms. The van der Waals surface area contributed by atoms with Gasteiger partial charge in [0.05, 0.1) is 17.5 Å². The summed E-state index contributed by atoms with van der Waals surface area (Å²) in [6.45, 7) is 0. The maximum atomic E-state index is 12.7. The van der Waals surface area contributed by atoms with E-state index in [-0.39, 0.29) is 22.8 Å². The van der Waals surface area contributed by atoms with E-state index in [0.717, 1.165) is 27.9 Å². The first-order chi connectivity index (χ1) is 14.8. The highest BCUT2D eigenvalue weighted by molar-refractivity contribution is 8.14. The van der Waals surface area contributed by atoms with Gasteiger partial charge in [0.1, 0.15) is 5.25 Å². The monoisotopic (exact) mass is 439 g/mol. The first-order valence-electron chi connectivity index (χ1n) is 9.27. The number of nitrogens with two attached hydrogens (primary N) is 1. The molecule has 3 rings (SSSR count). The van der Waals surface area contributed by atoms with Crippen molar-refractivity contribution in [1.29, 1.82) is 0 Å². The van der Waals surface area contributed by atoms with Crippen molar-refractivity contribution < 1.29 is 19.5 Å². The Bertz CT molecular complexity index is 1070. The highest BCUT2D eigenvalue weighted by Crippen LogP contribution is 2.30. The minimum Gasteiger partial charge on any atom is -0.478 e. The van der Waals surface area contributed by atoms with Crippen LogP contribution < -0.4 is 15.5 Å². The van der Waals surface area contributed by atoms with Gasteiger partial charge in [-0.2, -0.15) is 5.10 Å². The summed E-state index contributed by atoms with van der Waals surface area (Å²) >= 11 is 0.948. The van der Waals surface area contributed by atoms with E-state index in [0.29, 0.717) is 0 Å². The lowest BCUT2D eigenvalue weighted by atomic mass is 10.2. The van der Waals surface area contributed by atoms with E-state index in [4.69, 9.17) is 10.8 Å². The molecule has 0 saturated carbocycles. The molecule has 1 heterocycles. The fourth-order valence-corrected chi connectivity index (χ4v) is 3.74. The normalized spacial score (nSPS) is 16.9. The molecule has 0 radical (unpaired) electrons. The van der Waals surface area contributed by atoms with Gasteiger partial charge in [-0.05, 0) is 35.9 Å². The molecule has 2 amide bonds. The number of hydrogen-bond donors (Lipinski definition) is 2. The Morgan fingerprint density at radius 2 is 1.94 bits per heavy atom. The van der Waals surface area contributed by atoms with Crippen LogP contribution in [0.5, 0.6) is 0 Å². The Hall–Kier alpha value is -3.66. The molecule has 160 valence electrons. The molecule has 0 spiro atoms. The van der Waals surface area contributed by atoms with Crippen molar-refractivity contribution in [2.75, 3.05) is 23.9 Å². The molecular formula is C21H21N5O4S. The number of imide groups is 1. The molecule has 10 heteroatoms. The van der Waals surface area contributed by atoms with Crippen molar-refractivity contribution in [3.05, 3.63) is 59.7 Å². The maximum absolute atomic E-state index is 12.7. The van der Waals surface area contributed by atoms with Crippen molar-refractivity contribution in [2.24, 2.45) is 15.9 Å². The van der Waals surface area contributed by atoms with Crippen LogP contribution in [-0.2, 0) is 9.59 Å². The lowest BCUT2D eigenvalue weighted by molar-refractivity contribution is -0.121. The highest BCUT2D eigenvalue weighted by Gasteiger charge is 2.40. The minimum absolute atomic E-state index is 0.0109. The van der Waals surface area contributed by atoms with E-state index in [1.54, 1.807) is 0 Å². The summed E-state index contributed by atoms with van der Waals surface area (Å²) in [6.07, 6.45) is 1.48. The first-order valence-corrected chi connectivity index (χ1v) is 10.1. The Morgan fingerprint density at radius 1 is 1.23 bits per heavy atom. The van der Waals surface area contributed by atoms with Crippen LogP contribution in [-0.4, -0.2) is 53.6 Å². The number of hydrogen-bond acceptors (Lipinski definition) is 7. The Labute approximate surface area is 183 Å². The van der Waals surface area contributed by atoms with Gasteiger partial charge in [0, 0.05) is 26.2 Å². The van der Waals surface area contributed by atoms with Gasteiger partial charge >= 0.3 is 5.97 Å². The van der Waals surface area contributed by atoms with Gasteiger partial charge in [-0.15, -0.1) is 5.10 Å². The first kappa shape index (κ1) is 22.0. The van der Waals surface area contributed by atoms with Crippen LogP contribution in [0.1, 0.15) is 22.3 Å². The third kappa shape index (κ3) is 5.28. The summed E-state index contributed by atoms with van der Waals surface area (Å²) in [5, 5.41) is 16.2. The number of nitrogens with zero attached hydrogens (tertiary/aromatic N) is 4. The molecule has 1 aliphatic rings. The number of carbonyl (C=O) groups excluding carboxylic acids is 2. The van der Waals surface area contributed by atoms with Crippen LogP contribution in [0.4, 0.5) is 11.4 Å². The van der Waals surface area contributed by atoms with Crippen molar-refractivity contribution in [3.8, 4) is 0 Å². The molecule has 1 saturated heterocycles. The molecule has 3 N–H and O–H groups in total. The van der Waals surface area contributed by atoms with Crippen molar-refractivity contribution in [1.82, 2.24) is 0 Å². The number of amides is 2. The van der Waals surface area contributed by atoms with Crippen molar-refractivity contribution in [3.63, 3.8) is 0 Å². The van der Waals surface area contributed by atoms with Crippen LogP contribution in [0.2, 0.25) is 0 Å². The van der Waals surface area contributed by atoms with Crippen LogP contribution in [0.3, 0.4) is 0 Å². The summed E-state index contributed by atoms with van der Waals surface area (Å²) in [6, 6.07) is 13.3. The lowest BCUT2D eigenvalue weighted by Gasteiger charge is -2.15. The minimum atomic E-state index is -1.14. The molecule has 0 aromatic heterocycles. The molecule has 2 aromatic carbocycles. The van der Waals surface area contributed by atoms with Crippen LogP contribution in [0, 0.1) is 0 Å². The standard InChI is InChI=1S/C21H21N5O4S/c1-25(2)15-8-6-13(7-9-15)12-23-24-21(22)31-17-11-18(27)26(19(17)28)16-5-3-4-14(10-16)20(29)30/h3-10,12,17H,11H2,1-2H3,(H2,22,24)(H,29,30)/b23-12-/t17-/m0/s1. The third-order valence-electron chi connectivity index (χ3n) is 4.49. The predicted molar refractivity (Wildman–Crippen MR) is 122 cm³/mol. The quantitative estimate of drug-likeness (QED) is 0.305. The van der Waals surface area contributed by atoms with Crippen molar-refractivity contribution >= 4 is 52.3 Å². The summed E-state index contributed by atoms with van der Waals surface area (Å²) in [5.41, 5.74) is 7.97. The van der Waals surface area contributed by atoms with Gasteiger partial charge in [-0.3, -0.25) is 9.59 Å². The Kier molecular flexibility index (Phi) is 6.71. The lowest BCUT2D eigenvalue weighted by Crippen LogP contribution is -2.32. The van der Waals surface area contributed by atoms with Gasteiger partial charge in [0.15, 0.2) is 5.17 Å². The summed E-state index contributed by atoms with van der Waals surface area (Å²) in [5.74, 6) is -2.04. The van der Waals surface area contributed by atoms with Gasteiger partial charge in [-0.25, -0.2) is 9.69 Å². The van der Waals surface area contributed by atoms with Crippen LogP contribution in [0.15, 0.2) is 58.7 Å². The SMILES string of the molecule is CN(C)c1ccc(/C=N\N=C(N)S[C@H]2CC(=O)N(c3cccc(C(=O)O)c3)C2=O)cc1. The second-order valence-electron chi connectivity index (χ2n) is 6.90. The molecule has 2 aromatic rings. The topological polar surface area (TPSA) is 129 Å². The van der Waals surface area contributed by atoms with Gasteiger partial charge in [0.25, 0.3) is 0 Å². The van der Waals surface area contributed by atoms with E-state index in [1.165, 1.54) is 30.5 Å². The summed E-state index contributed by atoms with van der Waals surface area (Å²) in [7, 11) is 3.90. The van der Waals surface area contributed by atoms with E-state index < -0.39 is 23.0 Å². The molecule has 9 nitrogen and oxygen atoms in total. The molecule has 0 bridgehead atoms. The molecule has 1 aliphatic heterocycles. The Balaban J connectivity index is 1.65. The molecule has 0 aliphatic carbocycles. The average Bonchev–Trinajstić information content (AvgIpc) is 3.01. The molecule has 0 unspecified atom stereocenters. The number of carboxylic acids is 1. The zero-order chi connectivity index (χ0) is 22.5. The molecular weight excluding hydrogens is 418 g/mol. The number of amidine groups is 1. The van der Waals surface area contributed by atoms with E-state index in [9.17, 15) is 14.4 Å². The number of anilines is 2. The number of carboxylic acid groups (broad SMARTS) is 1. The molecule has 1 fully saturated rings. The second-order valence-corrected chi connectivity index (χ2v) is 8.13. The fraction of sp³-hybridized carbons (Fsp3) is 0.190. The number of thioether (sulfide) groups is 1. The third-order valence-corrected chi connectivity index (χ3v) is 5.47. The van der Waals surface area contributed by atoms with Gasteiger partial charge < -0.3 is 15.7 Å². The van der Waals surface area contributed by atoms with Gasteiger partial charge in [-0.1, -0.05) is 30.0 Å². The smallest absolute Gasteiger partial charge is 0.335 e. The Morgan fingerprint density at radius 3 is 2.58 bits per heavy atom. The number of rotatable bonds is 6. The van der Waals surface area contributed by atoms with Gasteiger partial charge in [0.2, 0.25) is 11.8 Å². The van der Waals surface area contributed by atoms with E-state index in [2.05, 4.69) is 10.2 Å². The fourth-order valence-electron chi connectivity index (χ4n) is 2.93. The number of aromatic carboxylic acids is 1. The summed E-state index contributed by atoms with van der Waals surface area (Å²) in [4.78, 5) is 39.2. The van der Waals surface area contributed by atoms with Crippen LogP contribution in [0.25, 0.3) is 0 Å². The van der Waals surface area contributed by atoms with E-state index in [1.807, 2.05) is 43.3 Å². The number of benzene rings is 2. The maximum Gasteiger partial charge on any atom is 0.335 e. The summed E-state index contributed by atoms with van der Waals surface area (Å²) < 4.78 is 0. The van der Waals surface area contributed by atoms with E-state index >= 15 is 0 Å². The van der Waals surface area contributed by atoms with Crippen molar-refractivity contribution in [2.45, 2.75) is 11.7 Å². The van der Waals surface area contributed by atoms with Crippen LogP contribution >= 0.6 is 11.8 Å². The largest absolute Gasteiger partial charge is 0.478 e. The second kappa shape index (κ2) is 9.43. The average molecular weight is 439 g/mol. The molecule has 1 atom stereocenters. The zero-order valence-corrected chi connectivity index (χ0v) is 17.7. The zero-order valence-electron chi connectivity index (χ0n) is 16.9. The predicted octanol–water partition coefficient (Wildman–Crippen LogP) is 2.16. The number of carbonyl (C=O) groups is 3. The highest BCUT2D eigenvalue weighted by atomic mass is 32.2.